The van der Waals surface area contributed by atoms with Gasteiger partial charge >= 0.3 is 0 Å². The largest absolute Gasteiger partial charge is 0.478 e. The Bertz CT molecular complexity index is 791. The normalized spacial score (nSPS) is 10.6. The Morgan fingerprint density at radius 1 is 1.17 bits per heavy atom. The van der Waals surface area contributed by atoms with Gasteiger partial charge in [0.15, 0.2) is 0 Å². The van der Waals surface area contributed by atoms with Crippen LogP contribution in [0.2, 0.25) is 0 Å². The van der Waals surface area contributed by atoms with Gasteiger partial charge in [-0.2, -0.15) is 0 Å². The molecule has 24 heavy (non-hydrogen) atoms. The van der Waals surface area contributed by atoms with E-state index in [-0.39, 0.29) is 5.82 Å². The van der Waals surface area contributed by atoms with Gasteiger partial charge in [-0.05, 0) is 30.7 Å². The maximum atomic E-state index is 12.9. The summed E-state index contributed by atoms with van der Waals surface area (Å²) in [5.74, 6) is 0.392. The van der Waals surface area contributed by atoms with Crippen molar-refractivity contribution in [3.05, 3.63) is 64.5 Å². The van der Waals surface area contributed by atoms with Crippen LogP contribution < -0.4 is 10.1 Å². The van der Waals surface area contributed by atoms with Gasteiger partial charge in [0.2, 0.25) is 11.0 Å². The molecule has 7 heteroatoms. The van der Waals surface area contributed by atoms with Crippen molar-refractivity contribution in [1.82, 2.24) is 15.2 Å². The number of pyridine rings is 1. The van der Waals surface area contributed by atoms with E-state index in [4.69, 9.17) is 4.74 Å². The first-order valence-electron chi connectivity index (χ1n) is 7.62. The lowest BCUT2D eigenvalue weighted by Gasteiger charge is -2.08. The van der Waals surface area contributed by atoms with Gasteiger partial charge in [-0.25, -0.2) is 9.37 Å². The summed E-state index contributed by atoms with van der Waals surface area (Å²) in [4.78, 5) is 4.22. The summed E-state index contributed by atoms with van der Waals surface area (Å²) < 4.78 is 18.4. The lowest BCUT2D eigenvalue weighted by atomic mass is 10.2. The van der Waals surface area contributed by atoms with Crippen LogP contribution >= 0.6 is 11.3 Å². The monoisotopic (exact) mass is 344 g/mol. The van der Waals surface area contributed by atoms with Crippen LogP contribution in [0.15, 0.2) is 42.6 Å². The van der Waals surface area contributed by atoms with Crippen LogP contribution in [-0.4, -0.2) is 21.8 Å². The Kier molecular flexibility index (Phi) is 5.32. The molecule has 0 atom stereocenters. The minimum Gasteiger partial charge on any atom is -0.478 e. The third kappa shape index (κ3) is 4.26. The molecule has 124 valence electrons. The molecule has 0 aliphatic carbocycles. The van der Waals surface area contributed by atoms with Gasteiger partial charge in [-0.3, -0.25) is 0 Å². The van der Waals surface area contributed by atoms with Crippen molar-refractivity contribution in [3.8, 4) is 5.88 Å². The van der Waals surface area contributed by atoms with Gasteiger partial charge in [0.25, 0.3) is 0 Å². The quantitative estimate of drug-likeness (QED) is 0.708. The third-order valence-electron chi connectivity index (χ3n) is 3.30. The number of nitrogens with one attached hydrogen (secondary N) is 1. The van der Waals surface area contributed by atoms with E-state index in [1.54, 1.807) is 18.3 Å². The van der Waals surface area contributed by atoms with Gasteiger partial charge in [-0.15, -0.1) is 10.2 Å². The van der Waals surface area contributed by atoms with Crippen molar-refractivity contribution in [1.29, 1.82) is 0 Å². The minimum atomic E-state index is -0.236. The van der Waals surface area contributed by atoms with Gasteiger partial charge in [0, 0.05) is 24.7 Å². The first kappa shape index (κ1) is 16.3. The van der Waals surface area contributed by atoms with Crippen LogP contribution in [0.1, 0.15) is 23.1 Å². The predicted octanol–water partition coefficient (Wildman–Crippen LogP) is 3.67. The van der Waals surface area contributed by atoms with Gasteiger partial charge < -0.3 is 10.1 Å². The van der Waals surface area contributed by atoms with Gasteiger partial charge in [0.1, 0.15) is 10.8 Å². The van der Waals surface area contributed by atoms with Crippen LogP contribution in [-0.2, 0) is 13.0 Å². The molecule has 3 rings (SSSR count). The molecular weight excluding hydrogens is 327 g/mol. The highest BCUT2D eigenvalue weighted by Gasteiger charge is 2.08. The van der Waals surface area contributed by atoms with Crippen molar-refractivity contribution in [2.45, 2.75) is 19.9 Å². The Hall–Kier alpha value is -2.54. The molecule has 1 N–H and O–H groups in total. The smallest absolute Gasteiger partial charge is 0.218 e. The second-order valence-electron chi connectivity index (χ2n) is 5.06. The molecule has 2 heterocycles. The van der Waals surface area contributed by atoms with Crippen LogP contribution in [0.25, 0.3) is 0 Å². The maximum absolute atomic E-state index is 12.9. The average molecular weight is 344 g/mol. The van der Waals surface area contributed by atoms with E-state index in [2.05, 4.69) is 20.5 Å². The van der Waals surface area contributed by atoms with Crippen molar-refractivity contribution < 1.29 is 9.13 Å². The van der Waals surface area contributed by atoms with Crippen LogP contribution in [0, 0.1) is 5.82 Å². The number of hydrogen-bond donors (Lipinski definition) is 1. The second kappa shape index (κ2) is 7.83. The fraction of sp³-hybridized carbons (Fsp3) is 0.235. The molecule has 0 aliphatic heterocycles. The summed E-state index contributed by atoms with van der Waals surface area (Å²) in [6, 6.07) is 10.3. The summed E-state index contributed by atoms with van der Waals surface area (Å²) in [6.07, 6.45) is 2.34. The SMILES string of the molecule is CCOc1ncccc1CNc1nnc(Cc2ccc(F)cc2)s1. The summed E-state index contributed by atoms with van der Waals surface area (Å²) in [5, 5.41) is 13.2. The Labute approximate surface area is 143 Å². The number of hydrogen-bond acceptors (Lipinski definition) is 6. The number of ether oxygens (including phenoxy) is 1. The lowest BCUT2D eigenvalue weighted by molar-refractivity contribution is 0.323. The van der Waals surface area contributed by atoms with E-state index in [1.807, 2.05) is 19.1 Å². The third-order valence-corrected chi connectivity index (χ3v) is 4.18. The van der Waals surface area contributed by atoms with E-state index in [0.717, 1.165) is 21.3 Å². The molecule has 5 nitrogen and oxygen atoms in total. The van der Waals surface area contributed by atoms with Crippen molar-refractivity contribution in [2.24, 2.45) is 0 Å². The van der Waals surface area contributed by atoms with Gasteiger partial charge in [-0.1, -0.05) is 29.5 Å². The van der Waals surface area contributed by atoms with E-state index >= 15 is 0 Å². The fourth-order valence-electron chi connectivity index (χ4n) is 2.17. The highest BCUT2D eigenvalue weighted by Crippen LogP contribution is 2.21. The molecule has 0 spiro atoms. The van der Waals surface area contributed by atoms with E-state index in [9.17, 15) is 4.39 Å². The number of benzene rings is 1. The molecule has 0 amide bonds. The molecule has 1 aromatic carbocycles. The Balaban J connectivity index is 1.61. The number of nitrogens with zero attached hydrogens (tertiary/aromatic N) is 3. The molecule has 0 saturated heterocycles. The average Bonchev–Trinajstić information content (AvgIpc) is 3.04. The van der Waals surface area contributed by atoms with Crippen LogP contribution in [0.5, 0.6) is 5.88 Å². The van der Waals surface area contributed by atoms with Gasteiger partial charge in [0.05, 0.1) is 6.61 Å². The number of aromatic nitrogens is 3. The van der Waals surface area contributed by atoms with Crippen molar-refractivity contribution >= 4 is 16.5 Å². The van der Waals surface area contributed by atoms with E-state index in [0.29, 0.717) is 25.5 Å². The van der Waals surface area contributed by atoms with E-state index in [1.165, 1.54) is 23.5 Å². The fourth-order valence-corrected chi connectivity index (χ4v) is 2.94. The summed E-state index contributed by atoms with van der Waals surface area (Å²) in [5.41, 5.74) is 1.97. The molecule has 2 aromatic heterocycles. The zero-order valence-electron chi connectivity index (χ0n) is 13.2. The van der Waals surface area contributed by atoms with Crippen LogP contribution in [0.4, 0.5) is 9.52 Å². The standard InChI is InChI=1S/C17H17FN4OS/c1-2-23-16-13(4-3-9-19-16)11-20-17-22-21-15(24-17)10-12-5-7-14(18)8-6-12/h3-9H,2,10-11H2,1H3,(H,20,22). The zero-order valence-corrected chi connectivity index (χ0v) is 14.0. The first-order valence-corrected chi connectivity index (χ1v) is 8.43. The summed E-state index contributed by atoms with van der Waals surface area (Å²) in [6.45, 7) is 3.07. The number of anilines is 1. The van der Waals surface area contributed by atoms with Crippen molar-refractivity contribution in [2.75, 3.05) is 11.9 Å². The number of rotatable bonds is 7. The van der Waals surface area contributed by atoms with Crippen LogP contribution in [0.3, 0.4) is 0 Å². The topological polar surface area (TPSA) is 59.9 Å². The highest BCUT2D eigenvalue weighted by atomic mass is 32.1. The molecule has 0 saturated carbocycles. The predicted molar refractivity (Wildman–Crippen MR) is 91.8 cm³/mol. The van der Waals surface area contributed by atoms with Crippen molar-refractivity contribution in [3.63, 3.8) is 0 Å². The van der Waals surface area contributed by atoms with E-state index < -0.39 is 0 Å². The molecule has 3 aromatic rings. The summed E-state index contributed by atoms with van der Waals surface area (Å²) >= 11 is 1.48. The molecular formula is C17H17FN4OS. The minimum absolute atomic E-state index is 0.236. The first-order chi connectivity index (χ1) is 11.7. The Morgan fingerprint density at radius 2 is 2.00 bits per heavy atom. The highest BCUT2D eigenvalue weighted by molar-refractivity contribution is 7.15. The maximum Gasteiger partial charge on any atom is 0.218 e. The molecule has 0 aliphatic rings. The second-order valence-corrected chi connectivity index (χ2v) is 6.12. The zero-order chi connectivity index (χ0) is 16.8. The molecule has 0 unspecified atom stereocenters. The number of halogens is 1. The lowest BCUT2D eigenvalue weighted by Crippen LogP contribution is -2.04. The molecule has 0 bridgehead atoms. The summed E-state index contributed by atoms with van der Waals surface area (Å²) in [7, 11) is 0. The molecule has 0 fully saturated rings. The Morgan fingerprint density at radius 3 is 2.79 bits per heavy atom. The molecule has 0 radical (unpaired) electrons.